The van der Waals surface area contributed by atoms with Crippen LogP contribution in [0.15, 0.2) is 71.9 Å². The number of hydrogen-bond acceptors (Lipinski definition) is 6. The molecule has 1 amide bonds. The predicted octanol–water partition coefficient (Wildman–Crippen LogP) is 4.78. The monoisotopic (exact) mass is 501 g/mol. The van der Waals surface area contributed by atoms with Crippen molar-refractivity contribution in [3.63, 3.8) is 0 Å². The number of nitrogens with zero attached hydrogens (tertiary/aromatic N) is 5. The van der Waals surface area contributed by atoms with E-state index in [-0.39, 0.29) is 5.91 Å². The Morgan fingerprint density at radius 2 is 1.69 bits per heavy atom. The van der Waals surface area contributed by atoms with Crippen LogP contribution < -0.4 is 9.64 Å². The van der Waals surface area contributed by atoms with E-state index in [4.69, 9.17) is 4.74 Å². The molecule has 7 nitrogen and oxygen atoms in total. The minimum absolute atomic E-state index is 0.142. The summed E-state index contributed by atoms with van der Waals surface area (Å²) in [6.45, 7) is 8.35. The Kier molecular flexibility index (Phi) is 7.41. The maximum atomic E-state index is 12.9. The highest BCUT2D eigenvalue weighted by Crippen LogP contribution is 2.28. The second-order valence-electron chi connectivity index (χ2n) is 8.83. The van der Waals surface area contributed by atoms with E-state index < -0.39 is 0 Å². The second kappa shape index (κ2) is 11.0. The molecule has 0 atom stereocenters. The van der Waals surface area contributed by atoms with Crippen molar-refractivity contribution in [3.8, 4) is 5.75 Å². The number of carbonyl (C=O) groups is 1. The van der Waals surface area contributed by atoms with Gasteiger partial charge >= 0.3 is 0 Å². The molecule has 1 saturated heterocycles. The summed E-state index contributed by atoms with van der Waals surface area (Å²) < 4.78 is 8.17. The third-order valence-electron chi connectivity index (χ3n) is 6.69. The number of ether oxygens (including phenoxy) is 1. The van der Waals surface area contributed by atoms with Crippen molar-refractivity contribution < 1.29 is 9.53 Å². The molecule has 1 aliphatic rings. The zero-order chi connectivity index (χ0) is 24.9. The molecule has 0 saturated carbocycles. The Hall–Kier alpha value is -3.52. The van der Waals surface area contributed by atoms with Crippen LogP contribution >= 0.6 is 11.8 Å². The molecule has 186 valence electrons. The van der Waals surface area contributed by atoms with Crippen molar-refractivity contribution in [2.24, 2.45) is 0 Å². The van der Waals surface area contributed by atoms with E-state index in [1.165, 1.54) is 28.2 Å². The van der Waals surface area contributed by atoms with E-state index in [0.717, 1.165) is 48.5 Å². The van der Waals surface area contributed by atoms with Crippen LogP contribution in [0.3, 0.4) is 0 Å². The number of piperazine rings is 1. The minimum atomic E-state index is 0.142. The summed E-state index contributed by atoms with van der Waals surface area (Å²) in [5, 5.41) is 11.9. The number of thioether (sulfide) groups is 1. The molecule has 0 radical (unpaired) electrons. The molecular formula is C28H31N5O2S. The normalized spacial score (nSPS) is 13.8. The number of rotatable bonds is 8. The number of fused-ring (bicyclic) bond motifs is 1. The average molecular weight is 502 g/mol. The fourth-order valence-corrected chi connectivity index (χ4v) is 5.55. The lowest BCUT2D eigenvalue weighted by atomic mass is 10.0. The van der Waals surface area contributed by atoms with Gasteiger partial charge in [0.05, 0.1) is 5.75 Å². The van der Waals surface area contributed by atoms with Gasteiger partial charge < -0.3 is 19.1 Å². The molecule has 4 aromatic rings. The van der Waals surface area contributed by atoms with E-state index >= 15 is 0 Å². The first-order chi connectivity index (χ1) is 17.6. The van der Waals surface area contributed by atoms with E-state index in [1.807, 2.05) is 33.7 Å². The van der Waals surface area contributed by atoms with Gasteiger partial charge in [0, 0.05) is 38.4 Å². The zero-order valence-corrected chi connectivity index (χ0v) is 21.6. The number of aryl methyl sites for hydroxylation is 1. The fourth-order valence-electron chi connectivity index (χ4n) is 4.63. The van der Waals surface area contributed by atoms with Gasteiger partial charge in [0.1, 0.15) is 12.4 Å². The molecule has 1 aliphatic heterocycles. The number of amides is 1. The summed E-state index contributed by atoms with van der Waals surface area (Å²) in [6.07, 6.45) is 0. The first kappa shape index (κ1) is 24.2. The predicted molar refractivity (Wildman–Crippen MR) is 145 cm³/mol. The summed E-state index contributed by atoms with van der Waals surface area (Å²) in [4.78, 5) is 17.2. The van der Waals surface area contributed by atoms with Crippen molar-refractivity contribution in [1.29, 1.82) is 0 Å². The van der Waals surface area contributed by atoms with Gasteiger partial charge in [-0.05, 0) is 48.4 Å². The van der Waals surface area contributed by atoms with Crippen LogP contribution in [0, 0.1) is 6.92 Å². The van der Waals surface area contributed by atoms with Crippen molar-refractivity contribution >= 4 is 34.1 Å². The van der Waals surface area contributed by atoms with Gasteiger partial charge in [0.2, 0.25) is 5.91 Å². The fraction of sp³-hybridized carbons (Fsp3) is 0.321. The van der Waals surface area contributed by atoms with Gasteiger partial charge in [-0.15, -0.1) is 10.2 Å². The van der Waals surface area contributed by atoms with Crippen LogP contribution in [0.1, 0.15) is 18.3 Å². The molecule has 0 spiro atoms. The number of anilines is 1. The van der Waals surface area contributed by atoms with Crippen LogP contribution in [0.25, 0.3) is 10.8 Å². The molecule has 1 aromatic heterocycles. The maximum absolute atomic E-state index is 12.9. The largest absolute Gasteiger partial charge is 0.485 e. The first-order valence-corrected chi connectivity index (χ1v) is 13.4. The maximum Gasteiger partial charge on any atom is 0.233 e. The lowest BCUT2D eigenvalue weighted by Gasteiger charge is -2.36. The highest BCUT2D eigenvalue weighted by Gasteiger charge is 2.22. The summed E-state index contributed by atoms with van der Waals surface area (Å²) in [7, 11) is 0. The number of benzene rings is 3. The summed E-state index contributed by atoms with van der Waals surface area (Å²) >= 11 is 1.45. The van der Waals surface area contributed by atoms with Gasteiger partial charge in [-0.2, -0.15) is 0 Å². The number of para-hydroxylation sites is 1. The molecule has 2 heterocycles. The molecule has 36 heavy (non-hydrogen) atoms. The van der Waals surface area contributed by atoms with E-state index in [0.29, 0.717) is 18.9 Å². The molecule has 0 bridgehead atoms. The SMILES string of the molecule is CCn1c(COc2ccc3ccccc3c2C)nnc1SCC(=O)N1CCN(c2ccccc2)CC1. The second-order valence-corrected chi connectivity index (χ2v) is 9.78. The molecule has 5 rings (SSSR count). The Balaban J connectivity index is 1.16. The van der Waals surface area contributed by atoms with Gasteiger partial charge in [0.15, 0.2) is 11.0 Å². The first-order valence-electron chi connectivity index (χ1n) is 12.4. The molecule has 0 N–H and O–H groups in total. The van der Waals surface area contributed by atoms with Crippen LogP contribution in [-0.4, -0.2) is 57.5 Å². The Labute approximate surface area is 216 Å². The summed E-state index contributed by atoms with van der Waals surface area (Å²) in [5.74, 6) is 2.10. The summed E-state index contributed by atoms with van der Waals surface area (Å²) in [5.41, 5.74) is 2.33. The van der Waals surface area contributed by atoms with Crippen LogP contribution in [0.5, 0.6) is 5.75 Å². The van der Waals surface area contributed by atoms with E-state index in [1.54, 1.807) is 0 Å². The molecule has 3 aromatic carbocycles. The molecule has 1 fully saturated rings. The summed E-state index contributed by atoms with van der Waals surface area (Å²) in [6, 6.07) is 22.8. The average Bonchev–Trinajstić information content (AvgIpc) is 3.33. The van der Waals surface area contributed by atoms with Crippen molar-refractivity contribution in [2.45, 2.75) is 32.2 Å². The van der Waals surface area contributed by atoms with Crippen molar-refractivity contribution in [3.05, 3.63) is 78.1 Å². The van der Waals surface area contributed by atoms with Crippen LogP contribution in [-0.2, 0) is 17.9 Å². The highest BCUT2D eigenvalue weighted by molar-refractivity contribution is 7.99. The van der Waals surface area contributed by atoms with Gasteiger partial charge in [0.25, 0.3) is 0 Å². The molecular weight excluding hydrogens is 470 g/mol. The van der Waals surface area contributed by atoms with Gasteiger partial charge in [-0.3, -0.25) is 4.79 Å². The number of carbonyl (C=O) groups excluding carboxylic acids is 1. The molecule has 8 heteroatoms. The standard InChI is InChI=1S/C28H31N5O2S/c1-3-33-26(19-35-25-14-13-22-9-7-8-12-24(22)21(25)2)29-30-28(33)36-20-27(34)32-17-15-31(16-18-32)23-10-5-4-6-11-23/h4-14H,3,15-20H2,1-2H3. The Bertz CT molecular complexity index is 1330. The smallest absolute Gasteiger partial charge is 0.233 e. The quantitative estimate of drug-likeness (QED) is 0.324. The van der Waals surface area contributed by atoms with E-state index in [2.05, 4.69) is 71.4 Å². The highest BCUT2D eigenvalue weighted by atomic mass is 32.2. The lowest BCUT2D eigenvalue weighted by Crippen LogP contribution is -2.49. The van der Waals surface area contributed by atoms with E-state index in [9.17, 15) is 4.79 Å². The van der Waals surface area contributed by atoms with Crippen molar-refractivity contribution in [2.75, 3.05) is 36.8 Å². The van der Waals surface area contributed by atoms with Crippen LogP contribution in [0.4, 0.5) is 5.69 Å². The lowest BCUT2D eigenvalue weighted by molar-refractivity contribution is -0.128. The zero-order valence-electron chi connectivity index (χ0n) is 20.8. The topological polar surface area (TPSA) is 63.5 Å². The van der Waals surface area contributed by atoms with Gasteiger partial charge in [-0.1, -0.05) is 60.3 Å². The molecule has 0 unspecified atom stereocenters. The Morgan fingerprint density at radius 3 is 2.47 bits per heavy atom. The van der Waals surface area contributed by atoms with Crippen molar-refractivity contribution in [1.82, 2.24) is 19.7 Å². The minimum Gasteiger partial charge on any atom is -0.485 e. The third-order valence-corrected chi connectivity index (χ3v) is 7.65. The Morgan fingerprint density at radius 1 is 0.944 bits per heavy atom. The number of aromatic nitrogens is 3. The van der Waals surface area contributed by atoms with Gasteiger partial charge in [-0.25, -0.2) is 0 Å². The molecule has 0 aliphatic carbocycles. The van der Waals surface area contributed by atoms with Crippen LogP contribution in [0.2, 0.25) is 0 Å². The number of hydrogen-bond donors (Lipinski definition) is 0. The third kappa shape index (κ3) is 5.18.